The molecule has 1 heterocycles. The van der Waals surface area contributed by atoms with Crippen molar-refractivity contribution in [1.82, 2.24) is 9.97 Å². The first kappa shape index (κ1) is 15.4. The van der Waals surface area contributed by atoms with Gasteiger partial charge in [0.1, 0.15) is 5.82 Å². The van der Waals surface area contributed by atoms with Crippen LogP contribution in [0.15, 0.2) is 24.4 Å². The van der Waals surface area contributed by atoms with Gasteiger partial charge in [-0.25, -0.2) is 4.98 Å². The second-order valence-electron chi connectivity index (χ2n) is 5.16. The Hall–Kier alpha value is -2.01. The lowest BCUT2D eigenvalue weighted by Crippen LogP contribution is -2.19. The number of nitrogens with one attached hydrogen (secondary N) is 1. The Kier molecular flexibility index (Phi) is 4.85. The topological polar surface area (TPSA) is 73.2 Å². The van der Waals surface area contributed by atoms with Crippen molar-refractivity contribution in [3.8, 4) is 22.8 Å². The van der Waals surface area contributed by atoms with Gasteiger partial charge in [0.15, 0.2) is 11.5 Å². The zero-order valence-electron chi connectivity index (χ0n) is 13.0. The van der Waals surface area contributed by atoms with E-state index in [1.807, 2.05) is 18.2 Å². The van der Waals surface area contributed by atoms with Crippen LogP contribution in [0.1, 0.15) is 32.1 Å². The van der Waals surface area contributed by atoms with E-state index in [2.05, 4.69) is 23.8 Å². The minimum absolute atomic E-state index is 0.0797. The molecule has 0 aliphatic carbocycles. The largest absolute Gasteiger partial charge is 0.493 e. The number of imidazole rings is 1. The maximum Gasteiger partial charge on any atom is 0.161 e. The third-order valence-electron chi connectivity index (χ3n) is 3.86. The number of ether oxygens (including phenoxy) is 2. The third kappa shape index (κ3) is 3.19. The summed E-state index contributed by atoms with van der Waals surface area (Å²) < 4.78 is 10.6. The SMILES string of the molecule is CCC(C)C(N)c1ncc(-c2ccc(OC)c(OC)c2)[nH]1. The Morgan fingerprint density at radius 2 is 1.95 bits per heavy atom. The van der Waals surface area contributed by atoms with Gasteiger partial charge in [-0.3, -0.25) is 0 Å². The molecule has 2 atom stereocenters. The Morgan fingerprint density at radius 3 is 2.57 bits per heavy atom. The lowest BCUT2D eigenvalue weighted by molar-refractivity contribution is 0.355. The van der Waals surface area contributed by atoms with Crippen LogP contribution in [-0.2, 0) is 0 Å². The lowest BCUT2D eigenvalue weighted by atomic mass is 10.00. The number of nitrogens with zero attached hydrogens (tertiary/aromatic N) is 1. The van der Waals surface area contributed by atoms with E-state index in [4.69, 9.17) is 15.2 Å². The van der Waals surface area contributed by atoms with Crippen LogP contribution in [0.2, 0.25) is 0 Å². The van der Waals surface area contributed by atoms with E-state index in [1.54, 1.807) is 20.4 Å². The summed E-state index contributed by atoms with van der Waals surface area (Å²) in [5.41, 5.74) is 8.11. The van der Waals surface area contributed by atoms with E-state index in [0.717, 1.165) is 23.5 Å². The maximum absolute atomic E-state index is 6.20. The molecule has 114 valence electrons. The molecule has 1 aromatic carbocycles. The Bertz CT molecular complexity index is 595. The maximum atomic E-state index is 6.20. The summed E-state index contributed by atoms with van der Waals surface area (Å²) in [6, 6.07) is 5.69. The second kappa shape index (κ2) is 6.63. The fraction of sp³-hybridized carbons (Fsp3) is 0.438. The van der Waals surface area contributed by atoms with Crippen molar-refractivity contribution in [3.63, 3.8) is 0 Å². The predicted octanol–water partition coefficient (Wildman–Crippen LogP) is 3.14. The molecule has 0 spiro atoms. The number of methoxy groups -OCH3 is 2. The number of H-pyrrole nitrogens is 1. The minimum atomic E-state index is -0.0797. The number of benzene rings is 1. The van der Waals surface area contributed by atoms with Crippen molar-refractivity contribution in [2.24, 2.45) is 11.7 Å². The number of aromatic nitrogens is 2. The summed E-state index contributed by atoms with van der Waals surface area (Å²) in [5, 5.41) is 0. The molecule has 0 aliphatic heterocycles. The second-order valence-corrected chi connectivity index (χ2v) is 5.16. The number of aromatic amines is 1. The highest BCUT2D eigenvalue weighted by atomic mass is 16.5. The molecular weight excluding hydrogens is 266 g/mol. The third-order valence-corrected chi connectivity index (χ3v) is 3.86. The van der Waals surface area contributed by atoms with Gasteiger partial charge in [0.25, 0.3) is 0 Å². The molecule has 0 fully saturated rings. The molecule has 0 aliphatic rings. The van der Waals surface area contributed by atoms with Crippen molar-refractivity contribution in [1.29, 1.82) is 0 Å². The summed E-state index contributed by atoms with van der Waals surface area (Å²) in [7, 11) is 3.25. The van der Waals surface area contributed by atoms with Crippen LogP contribution in [0.25, 0.3) is 11.3 Å². The van der Waals surface area contributed by atoms with E-state index in [1.165, 1.54) is 0 Å². The molecule has 0 amide bonds. The molecular formula is C16H23N3O2. The van der Waals surface area contributed by atoms with Gasteiger partial charge in [0.2, 0.25) is 0 Å². The zero-order valence-corrected chi connectivity index (χ0v) is 13.0. The van der Waals surface area contributed by atoms with E-state index in [9.17, 15) is 0 Å². The summed E-state index contributed by atoms with van der Waals surface area (Å²) in [6.45, 7) is 4.26. The molecule has 3 N–H and O–H groups in total. The molecule has 5 nitrogen and oxygen atoms in total. The summed E-state index contributed by atoms with van der Waals surface area (Å²) in [6.07, 6.45) is 2.83. The van der Waals surface area contributed by atoms with E-state index >= 15 is 0 Å². The van der Waals surface area contributed by atoms with Crippen molar-refractivity contribution < 1.29 is 9.47 Å². The van der Waals surface area contributed by atoms with Crippen molar-refractivity contribution in [2.75, 3.05) is 14.2 Å². The smallest absolute Gasteiger partial charge is 0.161 e. The van der Waals surface area contributed by atoms with Gasteiger partial charge in [-0.1, -0.05) is 20.3 Å². The standard InChI is InChI=1S/C16H23N3O2/c1-5-10(2)15(17)16-18-9-12(19-16)11-6-7-13(20-3)14(8-11)21-4/h6-10,15H,5,17H2,1-4H3,(H,18,19). The highest BCUT2D eigenvalue weighted by Crippen LogP contribution is 2.32. The number of hydrogen-bond acceptors (Lipinski definition) is 4. The molecule has 0 bridgehead atoms. The molecule has 21 heavy (non-hydrogen) atoms. The van der Waals surface area contributed by atoms with Crippen molar-refractivity contribution in [2.45, 2.75) is 26.3 Å². The van der Waals surface area contributed by atoms with E-state index in [-0.39, 0.29) is 6.04 Å². The van der Waals surface area contributed by atoms with Crippen LogP contribution in [0.3, 0.4) is 0 Å². The Morgan fingerprint density at radius 1 is 1.24 bits per heavy atom. The normalized spacial score (nSPS) is 13.8. The van der Waals surface area contributed by atoms with Gasteiger partial charge < -0.3 is 20.2 Å². The average molecular weight is 289 g/mol. The molecule has 2 rings (SSSR count). The van der Waals surface area contributed by atoms with Gasteiger partial charge in [0.05, 0.1) is 32.2 Å². The molecule has 0 saturated carbocycles. The van der Waals surface area contributed by atoms with Crippen LogP contribution in [0.4, 0.5) is 0 Å². The lowest BCUT2D eigenvalue weighted by Gasteiger charge is -2.15. The molecule has 0 saturated heterocycles. The van der Waals surface area contributed by atoms with Crippen LogP contribution >= 0.6 is 0 Å². The molecule has 5 heteroatoms. The summed E-state index contributed by atoms with van der Waals surface area (Å²) in [5.74, 6) is 2.60. The Labute approximate surface area is 125 Å². The predicted molar refractivity (Wildman–Crippen MR) is 83.5 cm³/mol. The molecule has 2 aromatic rings. The van der Waals surface area contributed by atoms with Crippen LogP contribution in [-0.4, -0.2) is 24.2 Å². The first-order valence-electron chi connectivity index (χ1n) is 7.13. The average Bonchev–Trinajstić information content (AvgIpc) is 3.02. The minimum Gasteiger partial charge on any atom is -0.493 e. The van der Waals surface area contributed by atoms with Crippen molar-refractivity contribution >= 4 is 0 Å². The Balaban J connectivity index is 2.29. The fourth-order valence-corrected chi connectivity index (χ4v) is 2.18. The highest BCUT2D eigenvalue weighted by Gasteiger charge is 2.17. The fourth-order valence-electron chi connectivity index (χ4n) is 2.18. The van der Waals surface area contributed by atoms with E-state index in [0.29, 0.717) is 17.4 Å². The number of hydrogen-bond donors (Lipinski definition) is 2. The molecule has 0 radical (unpaired) electrons. The summed E-state index contributed by atoms with van der Waals surface area (Å²) in [4.78, 5) is 7.71. The van der Waals surface area contributed by atoms with Crippen LogP contribution in [0, 0.1) is 5.92 Å². The first-order chi connectivity index (χ1) is 10.1. The van der Waals surface area contributed by atoms with Gasteiger partial charge >= 0.3 is 0 Å². The number of rotatable bonds is 6. The highest BCUT2D eigenvalue weighted by molar-refractivity contribution is 5.63. The first-order valence-corrected chi connectivity index (χ1v) is 7.13. The van der Waals surface area contributed by atoms with Gasteiger partial charge in [-0.2, -0.15) is 0 Å². The summed E-state index contributed by atoms with van der Waals surface area (Å²) >= 11 is 0. The monoisotopic (exact) mass is 289 g/mol. The van der Waals surface area contributed by atoms with Crippen LogP contribution < -0.4 is 15.2 Å². The quantitative estimate of drug-likeness (QED) is 0.857. The number of nitrogens with two attached hydrogens (primary N) is 1. The van der Waals surface area contributed by atoms with Crippen LogP contribution in [0.5, 0.6) is 11.5 Å². The zero-order chi connectivity index (χ0) is 15.4. The van der Waals surface area contributed by atoms with Gasteiger partial charge in [0, 0.05) is 5.56 Å². The van der Waals surface area contributed by atoms with Crippen molar-refractivity contribution in [3.05, 3.63) is 30.2 Å². The van der Waals surface area contributed by atoms with Gasteiger partial charge in [-0.05, 0) is 24.1 Å². The van der Waals surface area contributed by atoms with Gasteiger partial charge in [-0.15, -0.1) is 0 Å². The molecule has 2 unspecified atom stereocenters. The molecule has 1 aromatic heterocycles. The van der Waals surface area contributed by atoms with E-state index < -0.39 is 0 Å².